The van der Waals surface area contributed by atoms with Crippen LogP contribution >= 0.6 is 11.3 Å². The highest BCUT2D eigenvalue weighted by Crippen LogP contribution is 2.37. The van der Waals surface area contributed by atoms with Crippen molar-refractivity contribution in [3.05, 3.63) is 44.4 Å². The van der Waals surface area contributed by atoms with Crippen LogP contribution in [0.3, 0.4) is 0 Å². The lowest BCUT2D eigenvalue weighted by Crippen LogP contribution is -2.14. The predicted molar refractivity (Wildman–Crippen MR) is 80.0 cm³/mol. The van der Waals surface area contributed by atoms with Crippen molar-refractivity contribution in [2.24, 2.45) is 4.99 Å². The van der Waals surface area contributed by atoms with Gasteiger partial charge in [-0.15, -0.1) is 0 Å². The van der Waals surface area contributed by atoms with E-state index < -0.39 is 5.97 Å². The van der Waals surface area contributed by atoms with Gasteiger partial charge in [0.1, 0.15) is 0 Å². The molecule has 0 unspecified atom stereocenters. The summed E-state index contributed by atoms with van der Waals surface area (Å²) in [7, 11) is 1.28. The smallest absolute Gasteiger partial charge is 0.357 e. The number of nitrogens with one attached hydrogen (secondary N) is 1. The molecule has 1 aromatic heterocycles. The topological polar surface area (TPSA) is 91.8 Å². The number of thiazole rings is 1. The van der Waals surface area contributed by atoms with Gasteiger partial charge in [0.15, 0.2) is 5.71 Å². The number of rotatable bonds is 2. The summed E-state index contributed by atoms with van der Waals surface area (Å²) >= 11 is 0.853. The third-order valence-electron chi connectivity index (χ3n) is 2.99. The predicted octanol–water partition coefficient (Wildman–Crippen LogP) is 1.94. The Morgan fingerprint density at radius 2 is 2.19 bits per heavy atom. The van der Waals surface area contributed by atoms with E-state index in [0.29, 0.717) is 16.1 Å². The molecule has 0 radical (unpaired) electrons. The Morgan fingerprint density at radius 1 is 1.43 bits per heavy atom. The number of aromatic hydroxyl groups is 1. The third kappa shape index (κ3) is 2.27. The fourth-order valence-corrected chi connectivity index (χ4v) is 2.74. The number of esters is 1. The number of hydrogen-bond acceptors (Lipinski definition) is 6. The van der Waals surface area contributed by atoms with E-state index >= 15 is 0 Å². The minimum Gasteiger partial charge on any atom is -0.493 e. The van der Waals surface area contributed by atoms with Crippen molar-refractivity contribution < 1.29 is 14.6 Å². The van der Waals surface area contributed by atoms with Crippen LogP contribution in [0.15, 0.2) is 34.1 Å². The third-order valence-corrected chi connectivity index (χ3v) is 3.81. The summed E-state index contributed by atoms with van der Waals surface area (Å²) in [5.41, 5.74) is 2.06. The number of methoxy groups -OCH3 is 1. The molecule has 0 spiro atoms. The molecule has 0 aliphatic carbocycles. The highest BCUT2D eigenvalue weighted by atomic mass is 32.1. The largest absolute Gasteiger partial charge is 0.493 e. The van der Waals surface area contributed by atoms with Gasteiger partial charge in [0.05, 0.1) is 17.7 Å². The molecule has 0 saturated heterocycles. The molecular weight excluding hydrogens is 292 g/mol. The van der Waals surface area contributed by atoms with Gasteiger partial charge in [-0.25, -0.2) is 9.79 Å². The van der Waals surface area contributed by atoms with Gasteiger partial charge < -0.3 is 9.84 Å². The maximum absolute atomic E-state index is 11.9. The summed E-state index contributed by atoms with van der Waals surface area (Å²) in [6.45, 7) is 0. The zero-order valence-electron chi connectivity index (χ0n) is 10.9. The number of H-pyrrole nitrogens is 1. The Labute approximate surface area is 123 Å². The van der Waals surface area contributed by atoms with Crippen LogP contribution in [0.25, 0.3) is 11.6 Å². The maximum atomic E-state index is 11.9. The molecule has 106 valence electrons. The number of aromatic amines is 1. The summed E-state index contributed by atoms with van der Waals surface area (Å²) in [5.74, 6) is -0.800. The SMILES string of the molecule is COC(=O)C1=Nc2ccccc2/C1=C/c1sc(=O)[nH]c1O. The number of ether oxygens (including phenoxy) is 1. The molecule has 7 heteroatoms. The standard InChI is InChI=1S/C14H10N2O4S/c1-20-13(18)11-8(6-10-12(17)16-14(19)21-10)7-4-2-3-5-9(7)15-11/h2-6,17H,1H3,(H,16,19)/b8-6-. The van der Waals surface area contributed by atoms with Crippen molar-refractivity contribution in [2.45, 2.75) is 0 Å². The van der Waals surface area contributed by atoms with Crippen molar-refractivity contribution in [2.75, 3.05) is 7.11 Å². The normalized spacial score (nSPS) is 14.9. The molecule has 0 amide bonds. The van der Waals surface area contributed by atoms with Crippen LogP contribution in [-0.4, -0.2) is 28.9 Å². The lowest BCUT2D eigenvalue weighted by molar-refractivity contribution is -0.132. The summed E-state index contributed by atoms with van der Waals surface area (Å²) in [6, 6.07) is 7.22. The van der Waals surface area contributed by atoms with Crippen LogP contribution in [0.4, 0.5) is 5.69 Å². The molecule has 0 bridgehead atoms. The average Bonchev–Trinajstić information content (AvgIpc) is 2.99. The fraction of sp³-hybridized carbons (Fsp3) is 0.0714. The summed E-state index contributed by atoms with van der Waals surface area (Å²) in [4.78, 5) is 29.6. The van der Waals surface area contributed by atoms with Gasteiger partial charge in [-0.1, -0.05) is 29.5 Å². The van der Waals surface area contributed by atoms with Gasteiger partial charge in [0.25, 0.3) is 0 Å². The summed E-state index contributed by atoms with van der Waals surface area (Å²) in [6.07, 6.45) is 1.56. The van der Waals surface area contributed by atoms with Crippen LogP contribution in [-0.2, 0) is 9.53 Å². The average molecular weight is 302 g/mol. The molecule has 1 aromatic carbocycles. The molecule has 1 aliphatic heterocycles. The molecule has 0 atom stereocenters. The minimum absolute atomic E-state index is 0.152. The Hall–Kier alpha value is -2.67. The number of benzene rings is 1. The van der Waals surface area contributed by atoms with Crippen LogP contribution in [0, 0.1) is 0 Å². The van der Waals surface area contributed by atoms with Crippen molar-refractivity contribution >= 4 is 40.4 Å². The number of aliphatic imine (C=N–C) groups is 1. The van der Waals surface area contributed by atoms with E-state index in [2.05, 4.69) is 9.98 Å². The lowest BCUT2D eigenvalue weighted by Gasteiger charge is -2.03. The molecule has 0 fully saturated rings. The van der Waals surface area contributed by atoms with Crippen LogP contribution in [0.1, 0.15) is 10.4 Å². The van der Waals surface area contributed by atoms with Crippen molar-refractivity contribution in [1.29, 1.82) is 0 Å². The number of carbonyl (C=O) groups excluding carboxylic acids is 1. The van der Waals surface area contributed by atoms with E-state index in [0.717, 1.165) is 16.9 Å². The number of carbonyl (C=O) groups is 1. The van der Waals surface area contributed by atoms with E-state index in [-0.39, 0.29) is 16.5 Å². The molecular formula is C14H10N2O4S. The zero-order valence-corrected chi connectivity index (χ0v) is 11.7. The quantitative estimate of drug-likeness (QED) is 0.829. The van der Waals surface area contributed by atoms with Crippen molar-refractivity contribution in [3.8, 4) is 5.88 Å². The molecule has 2 N–H and O–H groups in total. The summed E-state index contributed by atoms with van der Waals surface area (Å²) in [5, 5.41) is 9.68. The van der Waals surface area contributed by atoms with Gasteiger partial charge >= 0.3 is 10.8 Å². The van der Waals surface area contributed by atoms with Gasteiger partial charge in [-0.3, -0.25) is 9.78 Å². The van der Waals surface area contributed by atoms with Gasteiger partial charge in [-0.05, 0) is 12.1 Å². The lowest BCUT2D eigenvalue weighted by atomic mass is 10.0. The van der Waals surface area contributed by atoms with Gasteiger partial charge in [0.2, 0.25) is 5.88 Å². The van der Waals surface area contributed by atoms with Crippen molar-refractivity contribution in [1.82, 2.24) is 4.98 Å². The number of hydrogen-bond donors (Lipinski definition) is 2. The molecule has 1 aliphatic rings. The molecule has 2 aromatic rings. The molecule has 3 rings (SSSR count). The first-order valence-electron chi connectivity index (χ1n) is 6.00. The van der Waals surface area contributed by atoms with E-state index in [1.54, 1.807) is 12.1 Å². The second-order valence-electron chi connectivity index (χ2n) is 4.25. The highest BCUT2D eigenvalue weighted by molar-refractivity contribution is 7.10. The van der Waals surface area contributed by atoms with Crippen molar-refractivity contribution in [3.63, 3.8) is 0 Å². The summed E-state index contributed by atoms with van der Waals surface area (Å²) < 4.78 is 4.73. The first-order valence-corrected chi connectivity index (χ1v) is 6.82. The molecule has 0 saturated carbocycles. The Kier molecular flexibility index (Phi) is 3.19. The van der Waals surface area contributed by atoms with E-state index in [4.69, 9.17) is 4.74 Å². The monoisotopic (exact) mass is 302 g/mol. The fourth-order valence-electron chi connectivity index (χ4n) is 2.07. The molecule has 21 heavy (non-hydrogen) atoms. The van der Waals surface area contributed by atoms with E-state index in [1.165, 1.54) is 7.11 Å². The zero-order chi connectivity index (χ0) is 15.0. The van der Waals surface area contributed by atoms with E-state index in [1.807, 2.05) is 18.2 Å². The van der Waals surface area contributed by atoms with Gasteiger partial charge in [0, 0.05) is 11.1 Å². The Morgan fingerprint density at radius 3 is 2.86 bits per heavy atom. The molecule has 2 heterocycles. The number of nitrogens with zero attached hydrogens (tertiary/aromatic N) is 1. The van der Waals surface area contributed by atoms with Crippen LogP contribution in [0.2, 0.25) is 0 Å². The Bertz CT molecular complexity index is 845. The van der Waals surface area contributed by atoms with Crippen LogP contribution in [0.5, 0.6) is 5.88 Å². The Balaban J connectivity index is 2.18. The number of para-hydroxylation sites is 1. The first kappa shape index (κ1) is 13.3. The first-order chi connectivity index (χ1) is 10.1. The van der Waals surface area contributed by atoms with Crippen LogP contribution < -0.4 is 4.87 Å². The maximum Gasteiger partial charge on any atom is 0.357 e. The van der Waals surface area contributed by atoms with E-state index in [9.17, 15) is 14.7 Å². The number of fused-ring (bicyclic) bond motifs is 1. The highest BCUT2D eigenvalue weighted by Gasteiger charge is 2.27. The molecule has 6 nitrogen and oxygen atoms in total. The van der Waals surface area contributed by atoms with Gasteiger partial charge in [-0.2, -0.15) is 0 Å². The second kappa shape index (κ2) is 5.02. The minimum atomic E-state index is -0.570. The number of aromatic nitrogens is 1. The second-order valence-corrected chi connectivity index (χ2v) is 5.27.